The zero-order valence-electron chi connectivity index (χ0n) is 3.11. The molecule has 0 aliphatic carbocycles. The van der Waals surface area contributed by atoms with E-state index < -0.39 is 0 Å². The molecule has 0 amide bonds. The summed E-state index contributed by atoms with van der Waals surface area (Å²) in [7, 11) is 0. The van der Waals surface area contributed by atoms with Crippen LogP contribution in [0.25, 0.3) is 11.8 Å². The van der Waals surface area contributed by atoms with Gasteiger partial charge in [-0.3, -0.25) is 0 Å². The fourth-order valence-corrected chi connectivity index (χ4v) is 0. The molecule has 0 aromatic rings. The van der Waals surface area contributed by atoms with Crippen LogP contribution in [0, 0.1) is 0 Å². The minimum Gasteiger partial charge on any atom is 4.00 e. The molecule has 0 saturated heterocycles. The minimum absolute atomic E-state index is 0. The summed E-state index contributed by atoms with van der Waals surface area (Å²) >= 11 is 1.82. The van der Waals surface area contributed by atoms with Crippen molar-refractivity contribution in [1.82, 2.24) is 0 Å². The largest absolute Gasteiger partial charge is 4.00 e. The molecule has 7 heteroatoms. The van der Waals surface area contributed by atoms with Gasteiger partial charge in [0, 0.05) is 0 Å². The van der Waals surface area contributed by atoms with Crippen molar-refractivity contribution >= 4 is 0 Å². The predicted octanol–water partition coefficient (Wildman–Crippen LogP) is 0.433. The molecular weight excluding hydrogens is 294 g/mol. The molecule has 0 saturated carbocycles. The van der Waals surface area contributed by atoms with Gasteiger partial charge in [-0.25, -0.2) is 0 Å². The number of hydrogen-bond acceptors (Lipinski definition) is 2. The van der Waals surface area contributed by atoms with E-state index in [1.54, 1.807) is 0 Å². The molecule has 0 unspecified atom stereocenters. The van der Waals surface area contributed by atoms with E-state index in [-0.39, 0.29) is 21.7 Å². The van der Waals surface area contributed by atoms with E-state index in [1.807, 2.05) is 0 Å². The molecule has 0 rings (SSSR count). The molecule has 0 aliphatic rings. The van der Waals surface area contributed by atoms with E-state index in [2.05, 4.69) is 6.69 Å². The second kappa shape index (κ2) is 24.4. The summed E-state index contributed by atoms with van der Waals surface area (Å²) in [5.74, 6) is 14.2. The summed E-state index contributed by atoms with van der Waals surface area (Å²) in [5.41, 5.74) is 0. The maximum absolute atomic E-state index is 7.09. The topological polar surface area (TPSA) is 63.1 Å². The van der Waals surface area contributed by atoms with Gasteiger partial charge in [0.05, 0.1) is 0 Å². The monoisotopic (exact) mass is 294 g/mol. The summed E-state index contributed by atoms with van der Waals surface area (Å²) in [5, 5.41) is 0. The molecule has 0 atom stereocenters. The van der Waals surface area contributed by atoms with Crippen LogP contribution >= 0.6 is 0 Å². The third-order valence-corrected chi connectivity index (χ3v) is 0. The van der Waals surface area contributed by atoms with E-state index in [1.165, 1.54) is 0 Å². The van der Waals surface area contributed by atoms with Crippen LogP contribution in [0.1, 0.15) is 0 Å². The number of hydrogen-bond donors (Lipinski definition) is 0. The van der Waals surface area contributed by atoms with Crippen LogP contribution in [0.4, 0.5) is 0 Å². The Hall–Kier alpha value is 2.03. The van der Waals surface area contributed by atoms with Crippen molar-refractivity contribution < 1.29 is 71.3 Å². The van der Waals surface area contributed by atoms with Crippen molar-refractivity contribution in [2.75, 3.05) is 0 Å². The molecule has 0 spiro atoms. The summed E-state index contributed by atoms with van der Waals surface area (Å²) in [6, 6.07) is 0. The molecule has 36 valence electrons. The van der Waals surface area contributed by atoms with Gasteiger partial charge in [-0.05, 0) is 0 Å². The fourth-order valence-electron chi connectivity index (χ4n) is 0. The maximum atomic E-state index is 7.09. The molecule has 4 nitrogen and oxygen atoms in total. The van der Waals surface area contributed by atoms with Gasteiger partial charge in [0.1, 0.15) is 0 Å². The van der Waals surface area contributed by atoms with E-state index in [9.17, 15) is 0 Å². The van der Waals surface area contributed by atoms with Crippen molar-refractivity contribution in [3.8, 4) is 0 Å². The van der Waals surface area contributed by atoms with Gasteiger partial charge in [-0.2, -0.15) is 0 Å². The molecule has 0 aromatic carbocycles. The Bertz CT molecular complexity index is 15.7. The Labute approximate surface area is 82.3 Å². The van der Waals surface area contributed by atoms with Crippen molar-refractivity contribution in [1.29, 1.82) is 0 Å². The average Bonchev–Trinajstić information content (AvgIpc) is 1.39. The summed E-state index contributed by atoms with van der Waals surface area (Å²) < 4.78 is 6.60. The zero-order valence-corrected chi connectivity index (χ0v) is 9.06. The van der Waals surface area contributed by atoms with Crippen LogP contribution in [0.2, 0.25) is 0 Å². The third kappa shape index (κ3) is 70.7. The molecule has 0 aliphatic heterocycles. The first-order chi connectivity index (χ1) is 2.83. The zero-order chi connectivity index (χ0) is 5.41. The maximum Gasteiger partial charge on any atom is 4.00 e. The second-order valence-corrected chi connectivity index (χ2v) is 0.966. The van der Waals surface area contributed by atoms with E-state index in [4.69, 9.17) is 11.8 Å². The summed E-state index contributed by atoms with van der Waals surface area (Å²) in [6.07, 6.45) is 0. The van der Waals surface area contributed by atoms with Gasteiger partial charge in [0.25, 0.3) is 0 Å². The standard InChI is InChI=1S/2NO.2Nb.Ti/c2*1-2;;;/q2*-3;2*+1;+4. The molecule has 0 fully saturated rings. The molecular formula is N2Nb2O2Ti. The van der Waals surface area contributed by atoms with Crippen LogP contribution in [-0.2, 0) is 71.3 Å². The molecule has 0 N–H and O–H groups in total. The first kappa shape index (κ1) is 16.0. The average molecular weight is 294 g/mol. The Balaban J connectivity index is -0.0000000400. The summed E-state index contributed by atoms with van der Waals surface area (Å²) in [6.45, 7) is 0. The molecule has 0 aromatic heterocycles. The Kier molecular flexibility index (Phi) is 55.9. The third-order valence-electron chi connectivity index (χ3n) is 0. The molecule has 0 heterocycles. The van der Waals surface area contributed by atoms with Crippen LogP contribution in [0.15, 0.2) is 0 Å². The van der Waals surface area contributed by atoms with Gasteiger partial charge in [0.2, 0.25) is 0 Å². The molecule has 0 bridgehead atoms. The quantitative estimate of drug-likeness (QED) is 0.480. The van der Waals surface area contributed by atoms with Gasteiger partial charge in [-0.15, -0.1) is 0 Å². The number of rotatable bonds is 0. The minimum atomic E-state index is 0. The van der Waals surface area contributed by atoms with E-state index in [0.29, 0.717) is 0 Å². The first-order valence-electron chi connectivity index (χ1n) is 0.730. The van der Waals surface area contributed by atoms with Gasteiger partial charge in [-0.1, -0.05) is 0 Å². The Morgan fingerprint density at radius 1 is 1.00 bits per heavy atom. The molecule has 0 radical (unpaired) electrons. The van der Waals surface area contributed by atoms with E-state index in [0.717, 1.165) is 42.9 Å². The van der Waals surface area contributed by atoms with Crippen LogP contribution in [-0.4, -0.2) is 0 Å². The molecule has 7 heavy (non-hydrogen) atoms. The van der Waals surface area contributed by atoms with E-state index >= 15 is 0 Å². The second-order valence-electron chi connectivity index (χ2n) is 0.163. The first-order valence-corrected chi connectivity index (χ1v) is 2.53. The normalized spacial score (nSPS) is 4.86. The predicted molar refractivity (Wildman–Crippen MR) is 8.89 cm³/mol. The van der Waals surface area contributed by atoms with Crippen molar-refractivity contribution in [3.05, 3.63) is 11.8 Å². The van der Waals surface area contributed by atoms with Crippen LogP contribution < -0.4 is 0 Å². The van der Waals surface area contributed by atoms with Gasteiger partial charge >= 0.3 is 83.1 Å². The Morgan fingerprint density at radius 3 is 1.00 bits per heavy atom. The SMILES string of the molecule is [N-2][O][Nb].[N-2][O][Nb].[Ti+4]. The van der Waals surface area contributed by atoms with Crippen molar-refractivity contribution in [2.24, 2.45) is 0 Å². The Morgan fingerprint density at radius 2 is 1.00 bits per heavy atom. The van der Waals surface area contributed by atoms with Crippen molar-refractivity contribution in [2.45, 2.75) is 0 Å². The number of nitrogens with zero attached hydrogens (tertiary/aromatic N) is 2. The van der Waals surface area contributed by atoms with Gasteiger partial charge < -0.3 is 0 Å². The van der Waals surface area contributed by atoms with Gasteiger partial charge in [0.15, 0.2) is 0 Å². The fraction of sp³-hybridized carbons (Fsp3) is 0. The smallest absolute Gasteiger partial charge is 4.00 e. The van der Waals surface area contributed by atoms with Crippen molar-refractivity contribution in [3.63, 3.8) is 0 Å². The van der Waals surface area contributed by atoms with Crippen LogP contribution in [0.3, 0.4) is 0 Å². The summed E-state index contributed by atoms with van der Waals surface area (Å²) in [4.78, 5) is 0. The van der Waals surface area contributed by atoms with Crippen LogP contribution in [0.5, 0.6) is 0 Å².